The third-order valence-electron chi connectivity index (χ3n) is 4.87. The van der Waals surface area contributed by atoms with Crippen molar-refractivity contribution in [2.75, 3.05) is 25.0 Å². The van der Waals surface area contributed by atoms with E-state index in [1.165, 1.54) is 12.1 Å². The summed E-state index contributed by atoms with van der Waals surface area (Å²) in [5.41, 5.74) is 0.549. The fraction of sp³-hybridized carbons (Fsp3) is 0.286. The molecule has 0 unspecified atom stereocenters. The van der Waals surface area contributed by atoms with Gasteiger partial charge < -0.3 is 15.5 Å². The Kier molecular flexibility index (Phi) is 6.82. The van der Waals surface area contributed by atoms with Gasteiger partial charge in [-0.05, 0) is 55.2 Å². The molecule has 3 rings (SSSR count). The van der Waals surface area contributed by atoms with E-state index >= 15 is 0 Å². The van der Waals surface area contributed by atoms with Crippen LogP contribution in [0.1, 0.15) is 23.2 Å². The molecule has 0 bridgehead atoms. The number of nitrogens with zero attached hydrogens (tertiary/aromatic N) is 1. The SMILES string of the molecule is O=C(NCC1CCN(C(=O)c2ccccc2F)CC1)C(=O)Nc1ccc(Cl)cc1. The summed E-state index contributed by atoms with van der Waals surface area (Å²) < 4.78 is 13.8. The molecule has 2 aromatic carbocycles. The molecule has 2 aromatic rings. The molecule has 1 heterocycles. The van der Waals surface area contributed by atoms with Crippen LogP contribution >= 0.6 is 11.6 Å². The van der Waals surface area contributed by atoms with Crippen molar-refractivity contribution in [2.24, 2.45) is 5.92 Å². The lowest BCUT2D eigenvalue weighted by Crippen LogP contribution is -2.43. The number of amides is 3. The normalized spacial score (nSPS) is 14.3. The quantitative estimate of drug-likeness (QED) is 0.750. The first-order valence-electron chi connectivity index (χ1n) is 9.32. The van der Waals surface area contributed by atoms with Crippen molar-refractivity contribution in [3.8, 4) is 0 Å². The van der Waals surface area contributed by atoms with Gasteiger partial charge in [0.15, 0.2) is 0 Å². The molecule has 152 valence electrons. The van der Waals surface area contributed by atoms with Gasteiger partial charge >= 0.3 is 11.8 Å². The van der Waals surface area contributed by atoms with Gasteiger partial charge in [-0.15, -0.1) is 0 Å². The first-order valence-corrected chi connectivity index (χ1v) is 9.70. The van der Waals surface area contributed by atoms with Crippen molar-refractivity contribution in [2.45, 2.75) is 12.8 Å². The van der Waals surface area contributed by atoms with Gasteiger partial charge in [0.1, 0.15) is 5.82 Å². The van der Waals surface area contributed by atoms with E-state index in [2.05, 4.69) is 10.6 Å². The Labute approximate surface area is 173 Å². The van der Waals surface area contributed by atoms with Crippen molar-refractivity contribution in [1.29, 1.82) is 0 Å². The molecule has 0 atom stereocenters. The first-order chi connectivity index (χ1) is 13.9. The summed E-state index contributed by atoms with van der Waals surface area (Å²) in [5.74, 6) is -2.18. The van der Waals surface area contributed by atoms with Crippen LogP contribution in [0.5, 0.6) is 0 Å². The second-order valence-electron chi connectivity index (χ2n) is 6.89. The molecule has 3 amide bonds. The third-order valence-corrected chi connectivity index (χ3v) is 5.12. The molecule has 0 saturated carbocycles. The minimum absolute atomic E-state index is 0.0677. The molecule has 6 nitrogen and oxygen atoms in total. The predicted molar refractivity (Wildman–Crippen MR) is 108 cm³/mol. The predicted octanol–water partition coefficient (Wildman–Crippen LogP) is 3.09. The number of rotatable bonds is 4. The van der Waals surface area contributed by atoms with Gasteiger partial charge in [-0.3, -0.25) is 14.4 Å². The average Bonchev–Trinajstić information content (AvgIpc) is 2.74. The van der Waals surface area contributed by atoms with Gasteiger partial charge in [0.25, 0.3) is 5.91 Å². The number of halogens is 2. The number of piperidine rings is 1. The maximum atomic E-state index is 13.8. The maximum Gasteiger partial charge on any atom is 0.313 e. The van der Waals surface area contributed by atoms with Crippen LogP contribution < -0.4 is 10.6 Å². The summed E-state index contributed by atoms with van der Waals surface area (Å²) in [6.07, 6.45) is 1.33. The molecule has 1 aliphatic heterocycles. The van der Waals surface area contributed by atoms with E-state index < -0.39 is 17.6 Å². The van der Waals surface area contributed by atoms with Crippen molar-refractivity contribution in [1.82, 2.24) is 10.2 Å². The maximum absolute atomic E-state index is 13.8. The van der Waals surface area contributed by atoms with E-state index in [1.54, 1.807) is 41.3 Å². The van der Waals surface area contributed by atoms with Crippen LogP contribution in [-0.2, 0) is 9.59 Å². The Balaban J connectivity index is 1.43. The van der Waals surface area contributed by atoms with Crippen LogP contribution in [0.3, 0.4) is 0 Å². The van der Waals surface area contributed by atoms with E-state index in [0.29, 0.717) is 43.2 Å². The Bertz CT molecular complexity index is 896. The molecule has 0 spiro atoms. The largest absolute Gasteiger partial charge is 0.348 e. The van der Waals surface area contributed by atoms with Gasteiger partial charge in [-0.1, -0.05) is 23.7 Å². The van der Waals surface area contributed by atoms with E-state index in [4.69, 9.17) is 11.6 Å². The summed E-state index contributed by atoms with van der Waals surface area (Å²) >= 11 is 5.78. The number of hydrogen-bond acceptors (Lipinski definition) is 3. The van der Waals surface area contributed by atoms with Crippen LogP contribution in [0.2, 0.25) is 5.02 Å². The molecule has 0 radical (unpaired) electrons. The molecule has 0 aliphatic carbocycles. The molecule has 1 saturated heterocycles. The zero-order chi connectivity index (χ0) is 20.8. The molecular formula is C21H21ClFN3O3. The molecule has 0 aromatic heterocycles. The zero-order valence-electron chi connectivity index (χ0n) is 15.7. The Morgan fingerprint density at radius 3 is 2.31 bits per heavy atom. The highest BCUT2D eigenvalue weighted by molar-refractivity contribution is 6.39. The smallest absolute Gasteiger partial charge is 0.313 e. The highest BCUT2D eigenvalue weighted by Gasteiger charge is 2.26. The number of hydrogen-bond donors (Lipinski definition) is 2. The van der Waals surface area contributed by atoms with Gasteiger partial charge in [-0.25, -0.2) is 4.39 Å². The third kappa shape index (κ3) is 5.54. The molecule has 8 heteroatoms. The second-order valence-corrected chi connectivity index (χ2v) is 7.32. The Hall–Kier alpha value is -2.93. The molecule has 1 aliphatic rings. The van der Waals surface area contributed by atoms with E-state index in [1.807, 2.05) is 0 Å². The summed E-state index contributed by atoms with van der Waals surface area (Å²) in [4.78, 5) is 38.0. The molecular weight excluding hydrogens is 397 g/mol. The summed E-state index contributed by atoms with van der Waals surface area (Å²) in [6.45, 7) is 1.30. The molecule has 2 N–H and O–H groups in total. The standard InChI is InChI=1S/C21H21ClFN3O3/c22-15-5-7-16(8-6-15)25-20(28)19(27)24-13-14-9-11-26(12-10-14)21(29)17-3-1-2-4-18(17)23/h1-8,14H,9-13H2,(H,24,27)(H,25,28). The number of carbonyl (C=O) groups excluding carboxylic acids is 3. The monoisotopic (exact) mass is 417 g/mol. The van der Waals surface area contributed by atoms with E-state index in [0.717, 1.165) is 0 Å². The van der Waals surface area contributed by atoms with Gasteiger partial charge in [0.2, 0.25) is 0 Å². The number of likely N-dealkylation sites (tertiary alicyclic amines) is 1. The Morgan fingerprint density at radius 2 is 1.66 bits per heavy atom. The lowest BCUT2D eigenvalue weighted by atomic mass is 9.96. The highest BCUT2D eigenvalue weighted by Crippen LogP contribution is 2.19. The van der Waals surface area contributed by atoms with Gasteiger partial charge in [0, 0.05) is 30.3 Å². The van der Waals surface area contributed by atoms with Crippen LogP contribution in [0.25, 0.3) is 0 Å². The van der Waals surface area contributed by atoms with Crippen molar-refractivity contribution < 1.29 is 18.8 Å². The number of carbonyl (C=O) groups is 3. The number of benzene rings is 2. The highest BCUT2D eigenvalue weighted by atomic mass is 35.5. The lowest BCUT2D eigenvalue weighted by Gasteiger charge is -2.32. The fourth-order valence-electron chi connectivity index (χ4n) is 3.18. The van der Waals surface area contributed by atoms with Gasteiger partial charge in [-0.2, -0.15) is 0 Å². The average molecular weight is 418 g/mol. The van der Waals surface area contributed by atoms with Crippen LogP contribution in [0.15, 0.2) is 48.5 Å². The number of nitrogens with one attached hydrogen (secondary N) is 2. The van der Waals surface area contributed by atoms with Crippen LogP contribution in [-0.4, -0.2) is 42.3 Å². The minimum Gasteiger partial charge on any atom is -0.348 e. The molecule has 29 heavy (non-hydrogen) atoms. The van der Waals surface area contributed by atoms with Crippen LogP contribution in [0, 0.1) is 11.7 Å². The van der Waals surface area contributed by atoms with Gasteiger partial charge in [0.05, 0.1) is 5.56 Å². The topological polar surface area (TPSA) is 78.5 Å². The summed E-state index contributed by atoms with van der Waals surface area (Å²) in [6, 6.07) is 12.4. The van der Waals surface area contributed by atoms with E-state index in [-0.39, 0.29) is 17.4 Å². The minimum atomic E-state index is -0.750. The second kappa shape index (κ2) is 9.52. The van der Waals surface area contributed by atoms with Crippen molar-refractivity contribution in [3.63, 3.8) is 0 Å². The lowest BCUT2D eigenvalue weighted by molar-refractivity contribution is -0.136. The zero-order valence-corrected chi connectivity index (χ0v) is 16.4. The summed E-state index contributed by atoms with van der Waals surface area (Å²) in [7, 11) is 0. The number of anilines is 1. The molecule has 1 fully saturated rings. The van der Waals surface area contributed by atoms with Crippen LogP contribution in [0.4, 0.5) is 10.1 Å². The first kappa shape index (κ1) is 20.8. The van der Waals surface area contributed by atoms with E-state index in [9.17, 15) is 18.8 Å². The van der Waals surface area contributed by atoms with Crippen molar-refractivity contribution >= 4 is 35.0 Å². The summed E-state index contributed by atoms with van der Waals surface area (Å²) in [5, 5.41) is 5.67. The van der Waals surface area contributed by atoms with Crippen molar-refractivity contribution in [3.05, 3.63) is 64.9 Å². The Morgan fingerprint density at radius 1 is 1.00 bits per heavy atom. The fourth-order valence-corrected chi connectivity index (χ4v) is 3.31.